The van der Waals surface area contributed by atoms with Crippen molar-refractivity contribution in [2.45, 2.75) is 19.8 Å². The second kappa shape index (κ2) is 4.52. The van der Waals surface area contributed by atoms with Crippen LogP contribution in [0.1, 0.15) is 18.9 Å². The zero-order valence-electron chi connectivity index (χ0n) is 9.65. The number of carbonyl (C=O) groups excluding carboxylic acids is 1. The average molecular weight is 215 g/mol. The molecule has 1 atom stereocenters. The summed E-state index contributed by atoms with van der Waals surface area (Å²) in [7, 11) is 0. The van der Waals surface area contributed by atoms with Gasteiger partial charge in [-0.1, -0.05) is 31.2 Å². The smallest absolute Gasteiger partial charge is 0.227 e. The molecule has 2 nitrogen and oxygen atoms in total. The summed E-state index contributed by atoms with van der Waals surface area (Å²) in [6.45, 7) is 6.66. The van der Waals surface area contributed by atoms with Crippen LogP contribution in [0.2, 0.25) is 0 Å². The van der Waals surface area contributed by atoms with Crippen molar-refractivity contribution < 1.29 is 4.79 Å². The molecule has 84 valence electrons. The molecular formula is C14H17NO. The van der Waals surface area contributed by atoms with Gasteiger partial charge in [-0.15, -0.1) is 6.58 Å². The third-order valence-electron chi connectivity index (χ3n) is 3.15. The monoisotopic (exact) mass is 215 g/mol. The summed E-state index contributed by atoms with van der Waals surface area (Å²) in [6.07, 6.45) is 3.44. The van der Waals surface area contributed by atoms with Crippen LogP contribution in [0, 0.1) is 5.92 Å². The Morgan fingerprint density at radius 3 is 2.88 bits per heavy atom. The Hall–Kier alpha value is -1.57. The van der Waals surface area contributed by atoms with Crippen LogP contribution in [-0.4, -0.2) is 12.5 Å². The minimum Gasteiger partial charge on any atom is -0.312 e. The van der Waals surface area contributed by atoms with Crippen molar-refractivity contribution in [2.75, 3.05) is 11.4 Å². The molecular weight excluding hydrogens is 198 g/mol. The highest BCUT2D eigenvalue weighted by atomic mass is 16.2. The Morgan fingerprint density at radius 2 is 2.25 bits per heavy atom. The third kappa shape index (κ3) is 1.87. The molecule has 0 aliphatic carbocycles. The summed E-state index contributed by atoms with van der Waals surface area (Å²) in [5.41, 5.74) is 2.31. The molecule has 1 unspecified atom stereocenters. The Labute approximate surface area is 96.6 Å². The number of nitrogens with zero attached hydrogens (tertiary/aromatic N) is 1. The fourth-order valence-electron chi connectivity index (χ4n) is 2.20. The number of rotatable bonds is 3. The molecule has 0 N–H and O–H groups in total. The predicted octanol–water partition coefficient (Wildman–Crippen LogP) is 2.79. The summed E-state index contributed by atoms with van der Waals surface area (Å²) in [5.74, 6) is 0.517. The molecule has 2 rings (SSSR count). The van der Waals surface area contributed by atoms with Crippen LogP contribution in [0.15, 0.2) is 36.9 Å². The normalized spacial score (nSPS) is 20.2. The predicted molar refractivity (Wildman–Crippen MR) is 66.5 cm³/mol. The van der Waals surface area contributed by atoms with Crippen molar-refractivity contribution in [2.24, 2.45) is 5.92 Å². The number of benzene rings is 1. The van der Waals surface area contributed by atoms with Crippen LogP contribution in [0.5, 0.6) is 0 Å². The molecule has 1 aliphatic heterocycles. The summed E-state index contributed by atoms with van der Waals surface area (Å²) < 4.78 is 0. The number of carbonyl (C=O) groups is 1. The van der Waals surface area contributed by atoms with Crippen molar-refractivity contribution in [1.29, 1.82) is 0 Å². The molecule has 0 aromatic heterocycles. The van der Waals surface area contributed by atoms with E-state index in [1.54, 1.807) is 0 Å². The van der Waals surface area contributed by atoms with Gasteiger partial charge in [-0.25, -0.2) is 0 Å². The maximum atomic E-state index is 11.9. The van der Waals surface area contributed by atoms with Crippen molar-refractivity contribution >= 4 is 11.6 Å². The molecule has 1 aromatic carbocycles. The van der Waals surface area contributed by atoms with Crippen LogP contribution >= 0.6 is 0 Å². The molecule has 2 heteroatoms. The first-order valence-electron chi connectivity index (χ1n) is 5.77. The van der Waals surface area contributed by atoms with Crippen LogP contribution in [0.25, 0.3) is 0 Å². The van der Waals surface area contributed by atoms with E-state index in [0.29, 0.717) is 12.3 Å². The van der Waals surface area contributed by atoms with Gasteiger partial charge in [0.25, 0.3) is 0 Å². The Kier molecular flexibility index (Phi) is 3.09. The SMILES string of the molecule is C=CC1CC(=O)N(c2ccccc2CC)C1. The van der Waals surface area contributed by atoms with Gasteiger partial charge in [0.05, 0.1) is 0 Å². The second-order valence-corrected chi connectivity index (χ2v) is 4.19. The maximum absolute atomic E-state index is 11.9. The quantitative estimate of drug-likeness (QED) is 0.710. The topological polar surface area (TPSA) is 20.3 Å². The summed E-state index contributed by atoms with van der Waals surface area (Å²) in [4.78, 5) is 13.8. The number of hydrogen-bond donors (Lipinski definition) is 0. The van der Waals surface area contributed by atoms with Gasteiger partial charge in [0.2, 0.25) is 5.91 Å². The maximum Gasteiger partial charge on any atom is 0.227 e. The molecule has 1 fully saturated rings. The van der Waals surface area contributed by atoms with Gasteiger partial charge >= 0.3 is 0 Å². The molecule has 1 aromatic rings. The minimum atomic E-state index is 0.214. The first-order chi connectivity index (χ1) is 7.76. The fourth-order valence-corrected chi connectivity index (χ4v) is 2.20. The van der Waals surface area contributed by atoms with Crippen molar-refractivity contribution in [1.82, 2.24) is 0 Å². The number of hydrogen-bond acceptors (Lipinski definition) is 1. The van der Waals surface area contributed by atoms with E-state index in [9.17, 15) is 4.79 Å². The molecule has 1 aliphatic rings. The van der Waals surface area contributed by atoms with Crippen LogP contribution < -0.4 is 4.90 Å². The number of para-hydroxylation sites is 1. The standard InChI is InChI=1S/C14H17NO/c1-3-11-9-14(16)15(10-11)13-8-6-5-7-12(13)4-2/h3,5-8,11H,1,4,9-10H2,2H3. The van der Waals surface area contributed by atoms with E-state index in [0.717, 1.165) is 18.7 Å². The Bertz CT molecular complexity index is 411. The second-order valence-electron chi connectivity index (χ2n) is 4.19. The lowest BCUT2D eigenvalue weighted by Crippen LogP contribution is -2.25. The Balaban J connectivity index is 2.30. The van der Waals surface area contributed by atoms with Gasteiger partial charge in [-0.05, 0) is 18.1 Å². The highest BCUT2D eigenvalue weighted by Gasteiger charge is 2.29. The molecule has 1 amide bonds. The van der Waals surface area contributed by atoms with Gasteiger partial charge in [0.15, 0.2) is 0 Å². The van der Waals surface area contributed by atoms with E-state index in [-0.39, 0.29) is 5.91 Å². The lowest BCUT2D eigenvalue weighted by atomic mass is 10.1. The molecule has 16 heavy (non-hydrogen) atoms. The van der Waals surface area contributed by atoms with E-state index in [1.807, 2.05) is 29.2 Å². The Morgan fingerprint density at radius 1 is 1.50 bits per heavy atom. The number of anilines is 1. The number of aryl methyl sites for hydroxylation is 1. The lowest BCUT2D eigenvalue weighted by molar-refractivity contribution is -0.117. The van der Waals surface area contributed by atoms with E-state index < -0.39 is 0 Å². The van der Waals surface area contributed by atoms with Crippen molar-refractivity contribution in [3.63, 3.8) is 0 Å². The summed E-state index contributed by atoms with van der Waals surface area (Å²) in [5, 5.41) is 0. The largest absolute Gasteiger partial charge is 0.312 e. The molecule has 0 bridgehead atoms. The first-order valence-corrected chi connectivity index (χ1v) is 5.77. The zero-order valence-corrected chi connectivity index (χ0v) is 9.65. The first kappa shape index (κ1) is 10.9. The molecule has 0 radical (unpaired) electrons. The summed E-state index contributed by atoms with van der Waals surface area (Å²) in [6, 6.07) is 8.13. The van der Waals surface area contributed by atoms with Crippen LogP contribution in [0.4, 0.5) is 5.69 Å². The van der Waals surface area contributed by atoms with E-state index in [4.69, 9.17) is 0 Å². The van der Waals surface area contributed by atoms with Gasteiger partial charge in [-0.3, -0.25) is 4.79 Å². The summed E-state index contributed by atoms with van der Waals surface area (Å²) >= 11 is 0. The van der Waals surface area contributed by atoms with E-state index in [1.165, 1.54) is 5.56 Å². The van der Waals surface area contributed by atoms with Gasteiger partial charge < -0.3 is 4.90 Å². The highest BCUT2D eigenvalue weighted by Crippen LogP contribution is 2.28. The van der Waals surface area contributed by atoms with Gasteiger partial charge in [-0.2, -0.15) is 0 Å². The van der Waals surface area contributed by atoms with Crippen molar-refractivity contribution in [3.8, 4) is 0 Å². The molecule has 1 saturated heterocycles. The highest BCUT2D eigenvalue weighted by molar-refractivity contribution is 5.96. The molecule has 0 spiro atoms. The lowest BCUT2D eigenvalue weighted by Gasteiger charge is -2.19. The minimum absolute atomic E-state index is 0.214. The van der Waals surface area contributed by atoms with E-state index in [2.05, 4.69) is 19.6 Å². The van der Waals surface area contributed by atoms with Crippen molar-refractivity contribution in [3.05, 3.63) is 42.5 Å². The van der Waals surface area contributed by atoms with E-state index >= 15 is 0 Å². The molecule has 1 heterocycles. The third-order valence-corrected chi connectivity index (χ3v) is 3.15. The van der Waals surface area contributed by atoms with Gasteiger partial charge in [0.1, 0.15) is 0 Å². The zero-order chi connectivity index (χ0) is 11.5. The van der Waals surface area contributed by atoms with Crippen LogP contribution in [-0.2, 0) is 11.2 Å². The van der Waals surface area contributed by atoms with Gasteiger partial charge in [0, 0.05) is 24.6 Å². The fraction of sp³-hybridized carbons (Fsp3) is 0.357. The average Bonchev–Trinajstić information content (AvgIpc) is 2.70. The van der Waals surface area contributed by atoms with Crippen LogP contribution in [0.3, 0.4) is 0 Å². The number of amides is 1. The molecule has 0 saturated carbocycles.